The van der Waals surface area contributed by atoms with Gasteiger partial charge in [-0.25, -0.2) is 4.98 Å². The molecule has 3 heterocycles. The number of nitrogens with one attached hydrogen (secondary N) is 1. The molecule has 1 aliphatic heterocycles. The zero-order valence-electron chi connectivity index (χ0n) is 17.4. The van der Waals surface area contributed by atoms with Gasteiger partial charge in [0.2, 0.25) is 0 Å². The second-order valence-electron chi connectivity index (χ2n) is 7.61. The van der Waals surface area contributed by atoms with Crippen LogP contribution in [0.4, 0.5) is 0 Å². The smallest absolute Gasteiger partial charge is 0.124 e. The van der Waals surface area contributed by atoms with Crippen LogP contribution in [0.5, 0.6) is 0 Å². The molecule has 0 saturated carbocycles. The molecule has 0 fully saturated rings. The normalized spacial score (nSPS) is 13.2. The maximum absolute atomic E-state index is 10.8. The Morgan fingerprint density at radius 1 is 1.21 bits per heavy atom. The van der Waals surface area contributed by atoms with Crippen molar-refractivity contribution in [2.45, 2.75) is 52.5 Å². The summed E-state index contributed by atoms with van der Waals surface area (Å²) in [4.78, 5) is 18.3. The van der Waals surface area contributed by atoms with E-state index in [1.165, 1.54) is 38.1 Å². The fraction of sp³-hybridized carbons (Fsp3) is 0.391. The summed E-state index contributed by atoms with van der Waals surface area (Å²) in [5.74, 6) is -0.969. The first-order chi connectivity index (χ1) is 13.5. The first-order valence-corrected chi connectivity index (χ1v) is 10.8. The minimum atomic E-state index is -0.969. The Bertz CT molecular complexity index is 1030. The van der Waals surface area contributed by atoms with Crippen molar-refractivity contribution >= 4 is 27.5 Å². The number of unbranched alkanes of at least 4 members (excludes halogenated alkanes) is 1. The molecular weight excluding hydrogens is 382 g/mol. The van der Waals surface area contributed by atoms with Crippen molar-refractivity contribution in [3.8, 4) is 11.1 Å². The van der Waals surface area contributed by atoms with Crippen molar-refractivity contribution in [3.63, 3.8) is 0 Å². The van der Waals surface area contributed by atoms with Gasteiger partial charge in [-0.1, -0.05) is 29.8 Å². The minimum absolute atomic E-state index is 0. The number of aromatic nitrogens is 1. The average Bonchev–Trinajstić information content (AvgIpc) is 3.03. The number of carbonyl (C=O) groups excluding carboxylic acids is 1. The number of quaternary nitrogens is 1. The van der Waals surface area contributed by atoms with E-state index in [1.54, 1.807) is 0 Å². The van der Waals surface area contributed by atoms with Crippen molar-refractivity contribution in [2.75, 3.05) is 6.54 Å². The summed E-state index contributed by atoms with van der Waals surface area (Å²) in [6.45, 7) is 6.11. The van der Waals surface area contributed by atoms with E-state index in [-0.39, 0.29) is 12.6 Å². The fourth-order valence-electron chi connectivity index (χ4n) is 4.12. The second kappa shape index (κ2) is 9.03. The van der Waals surface area contributed by atoms with Crippen molar-refractivity contribution < 1.29 is 9.90 Å². The molecule has 0 amide bonds. The zero-order valence-corrected chi connectivity index (χ0v) is 18.2. The number of carbonyl (C=O) groups is 1. The molecule has 2 aromatic heterocycles. The van der Waals surface area contributed by atoms with E-state index < -0.39 is 5.97 Å². The number of pyridine rings is 1. The van der Waals surface area contributed by atoms with E-state index in [9.17, 15) is 9.90 Å². The van der Waals surface area contributed by atoms with Gasteiger partial charge in [0.25, 0.3) is 0 Å². The number of aliphatic carboxylic acids is 1. The van der Waals surface area contributed by atoms with Crippen molar-refractivity contribution in [3.05, 3.63) is 51.5 Å². The highest BCUT2D eigenvalue weighted by molar-refractivity contribution is 7.19. The number of hydrogen-bond donors (Lipinski definition) is 2. The third-order valence-electron chi connectivity index (χ3n) is 5.57. The molecule has 0 spiro atoms. The van der Waals surface area contributed by atoms with Gasteiger partial charge in [0.05, 0.1) is 0 Å². The van der Waals surface area contributed by atoms with Crippen LogP contribution in [0, 0.1) is 13.8 Å². The number of fused-ring (bicyclic) bond motifs is 3. The summed E-state index contributed by atoms with van der Waals surface area (Å²) < 4.78 is 0. The topological polar surface area (TPSA) is 102 Å². The molecule has 1 aromatic carbocycles. The van der Waals surface area contributed by atoms with Crippen LogP contribution < -0.4 is 16.6 Å². The Hall–Kier alpha value is -2.28. The van der Waals surface area contributed by atoms with E-state index in [4.69, 9.17) is 4.98 Å². The molecule has 0 atom stereocenters. The molecule has 4 rings (SSSR count). The molecule has 0 saturated heterocycles. The van der Waals surface area contributed by atoms with Gasteiger partial charge in [-0.05, 0) is 74.8 Å². The molecule has 6 heteroatoms. The van der Waals surface area contributed by atoms with Crippen LogP contribution in [0.15, 0.2) is 24.3 Å². The minimum Gasteiger partial charge on any atom is -0.550 e. The van der Waals surface area contributed by atoms with Crippen molar-refractivity contribution in [1.29, 1.82) is 0 Å². The molecule has 154 valence electrons. The molecule has 0 unspecified atom stereocenters. The summed E-state index contributed by atoms with van der Waals surface area (Å²) in [6.07, 6.45) is 3.46. The van der Waals surface area contributed by atoms with Crippen molar-refractivity contribution in [2.24, 2.45) is 0 Å². The lowest BCUT2D eigenvalue weighted by Gasteiger charge is -2.18. The van der Waals surface area contributed by atoms with Gasteiger partial charge in [0, 0.05) is 28.5 Å². The number of hydrogen-bond acceptors (Lipinski definition) is 5. The van der Waals surface area contributed by atoms with Gasteiger partial charge in [0.15, 0.2) is 0 Å². The number of nitrogens with zero attached hydrogens (tertiary/aromatic N) is 1. The Labute approximate surface area is 175 Å². The molecule has 29 heavy (non-hydrogen) atoms. The highest BCUT2D eigenvalue weighted by Crippen LogP contribution is 2.42. The quantitative estimate of drug-likeness (QED) is 0.597. The summed E-state index contributed by atoms with van der Waals surface area (Å²) in [7, 11) is 0. The fourth-order valence-corrected chi connectivity index (χ4v) is 5.37. The number of aryl methyl sites for hydroxylation is 2. The summed E-state index contributed by atoms with van der Waals surface area (Å²) in [6, 6.07) is 8.74. The predicted octanol–water partition coefficient (Wildman–Crippen LogP) is 4.06. The lowest BCUT2D eigenvalue weighted by molar-refractivity contribution is -0.305. The Morgan fingerprint density at radius 3 is 2.69 bits per heavy atom. The molecule has 3 aromatic rings. The first-order valence-electron chi connectivity index (χ1n) is 9.96. The molecule has 0 aliphatic carbocycles. The van der Waals surface area contributed by atoms with Crippen LogP contribution in [-0.2, 0) is 24.2 Å². The Morgan fingerprint density at radius 2 is 1.97 bits per heavy atom. The standard InChI is InChI=1S/C23H26N2O2S.H3N/c1-14-7-9-16(10-8-14)21-17(5-3-4-6-20(26)27)15(2)25-23-22(21)18-11-12-24-13-19(18)28-23;/h7-10,24H,3-6,11-13H2,1-2H3,(H,26,27);1H3. The van der Waals surface area contributed by atoms with Gasteiger partial charge >= 0.3 is 0 Å². The zero-order chi connectivity index (χ0) is 19.7. The Kier molecular flexibility index (Phi) is 6.67. The van der Waals surface area contributed by atoms with E-state index >= 15 is 0 Å². The van der Waals surface area contributed by atoms with Gasteiger partial charge in [-0.15, -0.1) is 11.3 Å². The number of carboxylic acid groups (broad SMARTS) is 1. The monoisotopic (exact) mass is 411 g/mol. The highest BCUT2D eigenvalue weighted by Gasteiger charge is 2.23. The molecule has 0 bridgehead atoms. The maximum Gasteiger partial charge on any atom is 0.124 e. The van der Waals surface area contributed by atoms with Crippen LogP contribution >= 0.6 is 11.3 Å². The molecular formula is C23H29N3O2S. The molecule has 5 N–H and O–H groups in total. The summed E-state index contributed by atoms with van der Waals surface area (Å²) in [5.41, 5.74) is 7.54. The second-order valence-corrected chi connectivity index (χ2v) is 8.69. The number of thiophene rings is 1. The van der Waals surface area contributed by atoms with Gasteiger partial charge in [-0.3, -0.25) is 0 Å². The average molecular weight is 412 g/mol. The van der Waals surface area contributed by atoms with E-state index in [0.29, 0.717) is 6.42 Å². The van der Waals surface area contributed by atoms with Crippen LogP contribution in [0.2, 0.25) is 0 Å². The number of carboxylic acids is 1. The molecule has 0 radical (unpaired) electrons. The van der Waals surface area contributed by atoms with Crippen LogP contribution in [0.3, 0.4) is 0 Å². The van der Waals surface area contributed by atoms with Crippen LogP contribution in [-0.4, -0.2) is 17.5 Å². The third-order valence-corrected chi connectivity index (χ3v) is 6.69. The highest BCUT2D eigenvalue weighted by atomic mass is 32.1. The van der Waals surface area contributed by atoms with Crippen LogP contribution in [0.25, 0.3) is 21.3 Å². The molecule has 5 nitrogen and oxygen atoms in total. The van der Waals surface area contributed by atoms with Gasteiger partial charge in [-0.2, -0.15) is 0 Å². The molecule has 1 aliphatic rings. The van der Waals surface area contributed by atoms with E-state index in [0.717, 1.165) is 42.9 Å². The van der Waals surface area contributed by atoms with E-state index in [2.05, 4.69) is 43.4 Å². The van der Waals surface area contributed by atoms with Gasteiger partial charge < -0.3 is 21.4 Å². The third kappa shape index (κ3) is 4.34. The van der Waals surface area contributed by atoms with Crippen molar-refractivity contribution in [1.82, 2.24) is 16.5 Å². The lowest BCUT2D eigenvalue weighted by atomic mass is 9.90. The number of rotatable bonds is 6. The predicted molar refractivity (Wildman–Crippen MR) is 118 cm³/mol. The lowest BCUT2D eigenvalue weighted by Crippen LogP contribution is -2.22. The number of benzene rings is 1. The SMILES string of the molecule is Cc1ccc(-c2c(CCCCC(=O)[O-])c(C)nc3sc4c(c23)CCNC4)cc1.[NH4+]. The summed E-state index contributed by atoms with van der Waals surface area (Å²) >= 11 is 1.81. The largest absolute Gasteiger partial charge is 0.550 e. The maximum atomic E-state index is 10.8. The Balaban J connectivity index is 0.00000240. The van der Waals surface area contributed by atoms with E-state index in [1.807, 2.05) is 11.3 Å². The summed E-state index contributed by atoms with van der Waals surface area (Å²) in [5, 5.41) is 15.6. The van der Waals surface area contributed by atoms with Gasteiger partial charge in [0.1, 0.15) is 4.83 Å². The first kappa shape index (κ1) is 21.4. The van der Waals surface area contributed by atoms with Crippen LogP contribution in [0.1, 0.15) is 46.5 Å².